The molecule has 5 nitrogen and oxygen atoms in total. The Balaban J connectivity index is 2.10. The molecule has 1 amide bonds. The molecule has 0 atom stereocenters. The van der Waals surface area contributed by atoms with Gasteiger partial charge in [-0.15, -0.1) is 0 Å². The summed E-state index contributed by atoms with van der Waals surface area (Å²) in [5.41, 5.74) is 3.13. The summed E-state index contributed by atoms with van der Waals surface area (Å²) in [6, 6.07) is 8.51. The third kappa shape index (κ3) is 3.76. The second kappa shape index (κ2) is 6.80. The molecule has 0 saturated carbocycles. The van der Waals surface area contributed by atoms with Crippen molar-refractivity contribution in [3.05, 3.63) is 55.8 Å². The third-order valence-corrected chi connectivity index (χ3v) is 3.61. The lowest BCUT2D eigenvalue weighted by molar-refractivity contribution is 0.0950. The monoisotopic (exact) mass is 445 g/mol. The minimum atomic E-state index is -0.411. The average molecular weight is 446 g/mol. The number of aromatic nitrogens is 1. The van der Waals surface area contributed by atoms with Crippen molar-refractivity contribution in [3.8, 4) is 5.75 Å². The highest BCUT2D eigenvalue weighted by Crippen LogP contribution is 2.27. The van der Waals surface area contributed by atoms with Crippen molar-refractivity contribution in [1.82, 2.24) is 10.4 Å². The van der Waals surface area contributed by atoms with Gasteiger partial charge in [-0.05, 0) is 46.9 Å². The number of nitrogens with zero attached hydrogens (tertiary/aromatic N) is 2. The van der Waals surface area contributed by atoms with Gasteiger partial charge in [0.25, 0.3) is 5.91 Å². The van der Waals surface area contributed by atoms with Crippen LogP contribution in [0.25, 0.3) is 0 Å². The van der Waals surface area contributed by atoms with E-state index in [1.165, 1.54) is 12.4 Å². The van der Waals surface area contributed by atoms with Crippen molar-refractivity contribution >= 4 is 50.6 Å². The van der Waals surface area contributed by atoms with Crippen LogP contribution in [0, 0.1) is 3.57 Å². The Morgan fingerprint density at radius 2 is 2.25 bits per heavy atom. The van der Waals surface area contributed by atoms with Gasteiger partial charge in [-0.25, -0.2) is 5.43 Å². The van der Waals surface area contributed by atoms with Crippen LogP contribution in [0.3, 0.4) is 0 Å². The molecule has 0 unspecified atom stereocenters. The number of hydrogen-bond donors (Lipinski definition) is 2. The zero-order chi connectivity index (χ0) is 14.5. The van der Waals surface area contributed by atoms with Crippen molar-refractivity contribution < 1.29 is 9.90 Å². The molecule has 0 aliphatic carbocycles. The molecule has 2 rings (SSSR count). The number of aromatic hydroxyl groups is 1. The smallest absolute Gasteiger partial charge is 0.289 e. The second-order valence-electron chi connectivity index (χ2n) is 3.74. The number of rotatable bonds is 3. The summed E-state index contributed by atoms with van der Waals surface area (Å²) in [4.78, 5) is 15.6. The fourth-order valence-corrected chi connectivity index (χ4v) is 2.95. The Morgan fingerprint density at radius 1 is 1.45 bits per heavy atom. The Hall–Kier alpha value is -1.48. The van der Waals surface area contributed by atoms with Crippen LogP contribution in [0.15, 0.2) is 46.1 Å². The van der Waals surface area contributed by atoms with Crippen LogP contribution in [-0.4, -0.2) is 22.2 Å². The number of amides is 1. The molecule has 0 bridgehead atoms. The Labute approximate surface area is 137 Å². The number of pyridine rings is 1. The Bertz CT molecular complexity index is 662. The lowest BCUT2D eigenvalue weighted by Gasteiger charge is -2.03. The molecule has 0 spiro atoms. The van der Waals surface area contributed by atoms with Gasteiger partial charge in [-0.1, -0.05) is 22.0 Å². The molecule has 1 aromatic heterocycles. The second-order valence-corrected chi connectivity index (χ2v) is 5.82. The van der Waals surface area contributed by atoms with Crippen molar-refractivity contribution in [2.24, 2.45) is 5.10 Å². The number of carbonyl (C=O) groups excluding carboxylic acids is 1. The normalized spacial score (nSPS) is 10.7. The molecule has 0 aliphatic heterocycles. The summed E-state index contributed by atoms with van der Waals surface area (Å²) in [6.45, 7) is 0. The zero-order valence-corrected chi connectivity index (χ0v) is 13.8. The van der Waals surface area contributed by atoms with Gasteiger partial charge in [0.2, 0.25) is 0 Å². The molecule has 2 aromatic rings. The highest BCUT2D eigenvalue weighted by Gasteiger charge is 2.06. The number of phenolic OH excluding ortho intramolecular Hbond substituents is 1. The van der Waals surface area contributed by atoms with E-state index < -0.39 is 5.91 Å². The van der Waals surface area contributed by atoms with Crippen LogP contribution in [0.4, 0.5) is 0 Å². The fourth-order valence-electron chi connectivity index (χ4n) is 1.40. The number of hydrogen-bond acceptors (Lipinski definition) is 4. The predicted octanol–water partition coefficient (Wildman–Crippen LogP) is 2.92. The summed E-state index contributed by atoms with van der Waals surface area (Å²) in [5, 5.41) is 13.7. The SMILES string of the molecule is O=C(N/N=C\c1cc(Br)cc(I)c1O)c1ccccn1. The van der Waals surface area contributed by atoms with Gasteiger partial charge in [-0.2, -0.15) is 5.10 Å². The van der Waals surface area contributed by atoms with Crippen molar-refractivity contribution in [1.29, 1.82) is 0 Å². The van der Waals surface area contributed by atoms with Crippen LogP contribution in [0.2, 0.25) is 0 Å². The predicted molar refractivity (Wildman–Crippen MR) is 87.8 cm³/mol. The van der Waals surface area contributed by atoms with E-state index in [-0.39, 0.29) is 11.4 Å². The number of hydrazone groups is 1. The van der Waals surface area contributed by atoms with Gasteiger partial charge in [0.1, 0.15) is 11.4 Å². The number of nitrogens with one attached hydrogen (secondary N) is 1. The number of benzene rings is 1. The topological polar surface area (TPSA) is 74.6 Å². The molecule has 0 saturated heterocycles. The lowest BCUT2D eigenvalue weighted by atomic mass is 10.2. The average Bonchev–Trinajstić information content (AvgIpc) is 2.44. The maximum Gasteiger partial charge on any atom is 0.289 e. The molecule has 0 radical (unpaired) electrons. The number of phenols is 1. The minimum Gasteiger partial charge on any atom is -0.506 e. The van der Waals surface area contributed by atoms with E-state index in [0.29, 0.717) is 9.13 Å². The van der Waals surface area contributed by atoms with Gasteiger partial charge < -0.3 is 5.11 Å². The largest absolute Gasteiger partial charge is 0.506 e. The molecule has 20 heavy (non-hydrogen) atoms. The molecule has 2 N–H and O–H groups in total. The van der Waals surface area contributed by atoms with Crippen LogP contribution in [0.5, 0.6) is 5.75 Å². The third-order valence-electron chi connectivity index (χ3n) is 2.32. The first kappa shape index (κ1) is 14.9. The van der Waals surface area contributed by atoms with Crippen LogP contribution >= 0.6 is 38.5 Å². The van der Waals surface area contributed by atoms with Crippen LogP contribution < -0.4 is 5.43 Å². The van der Waals surface area contributed by atoms with Gasteiger partial charge in [0.15, 0.2) is 0 Å². The quantitative estimate of drug-likeness (QED) is 0.433. The van der Waals surface area contributed by atoms with Gasteiger partial charge in [0.05, 0.1) is 9.78 Å². The number of carbonyl (C=O) groups is 1. The van der Waals surface area contributed by atoms with E-state index in [0.717, 1.165) is 4.47 Å². The van der Waals surface area contributed by atoms with Crippen molar-refractivity contribution in [2.75, 3.05) is 0 Å². The first-order chi connectivity index (χ1) is 9.58. The van der Waals surface area contributed by atoms with Crippen molar-refractivity contribution in [3.63, 3.8) is 0 Å². The highest BCUT2D eigenvalue weighted by molar-refractivity contribution is 14.1. The number of halogens is 2. The summed E-state index contributed by atoms with van der Waals surface area (Å²) in [7, 11) is 0. The zero-order valence-electron chi connectivity index (χ0n) is 10.0. The van der Waals surface area contributed by atoms with Crippen LogP contribution in [-0.2, 0) is 0 Å². The minimum absolute atomic E-state index is 0.115. The maximum atomic E-state index is 11.7. The lowest BCUT2D eigenvalue weighted by Crippen LogP contribution is -2.18. The summed E-state index contributed by atoms with van der Waals surface area (Å²) in [6.07, 6.45) is 2.91. The van der Waals surface area contributed by atoms with Gasteiger partial charge in [-0.3, -0.25) is 9.78 Å². The molecule has 0 aliphatic rings. The first-order valence-electron chi connectivity index (χ1n) is 5.50. The van der Waals surface area contributed by atoms with Crippen molar-refractivity contribution in [2.45, 2.75) is 0 Å². The molecule has 102 valence electrons. The Morgan fingerprint density at radius 3 is 2.95 bits per heavy atom. The summed E-state index contributed by atoms with van der Waals surface area (Å²) >= 11 is 5.34. The van der Waals surface area contributed by atoms with E-state index in [1.807, 2.05) is 22.6 Å². The molecule has 1 aromatic carbocycles. The molecule has 1 heterocycles. The van der Waals surface area contributed by atoms with E-state index >= 15 is 0 Å². The Kier molecular flexibility index (Phi) is 5.07. The standard InChI is InChI=1S/C13H9BrIN3O2/c14-9-5-8(12(19)10(15)6-9)7-17-18-13(20)11-3-1-2-4-16-11/h1-7,19H,(H,18,20)/b17-7-. The highest BCUT2D eigenvalue weighted by atomic mass is 127. The van der Waals surface area contributed by atoms with E-state index in [1.54, 1.807) is 30.3 Å². The van der Waals surface area contributed by atoms with Gasteiger partial charge in [0, 0.05) is 16.2 Å². The molecule has 7 heteroatoms. The molecular weight excluding hydrogens is 437 g/mol. The van der Waals surface area contributed by atoms with E-state index in [4.69, 9.17) is 0 Å². The summed E-state index contributed by atoms with van der Waals surface area (Å²) in [5.74, 6) is -0.296. The van der Waals surface area contributed by atoms with Gasteiger partial charge >= 0.3 is 0 Å². The van der Waals surface area contributed by atoms with E-state index in [2.05, 4.69) is 31.4 Å². The molecule has 0 fully saturated rings. The first-order valence-corrected chi connectivity index (χ1v) is 7.37. The summed E-state index contributed by atoms with van der Waals surface area (Å²) < 4.78 is 1.51. The fraction of sp³-hybridized carbons (Fsp3) is 0. The van der Waals surface area contributed by atoms with Crippen LogP contribution in [0.1, 0.15) is 16.1 Å². The molecular formula is C13H9BrIN3O2. The van der Waals surface area contributed by atoms with E-state index in [9.17, 15) is 9.90 Å². The maximum absolute atomic E-state index is 11.7.